The van der Waals surface area contributed by atoms with Crippen LogP contribution in [0.1, 0.15) is 11.4 Å². The number of nitrogens with two attached hydrogens (primary N) is 1. The van der Waals surface area contributed by atoms with E-state index in [9.17, 15) is 9.18 Å². The number of nitrogen functional groups attached to an aromatic ring is 1. The summed E-state index contributed by atoms with van der Waals surface area (Å²) >= 11 is 0. The lowest BCUT2D eigenvalue weighted by Crippen LogP contribution is -2.31. The molecule has 1 aromatic heterocycles. The van der Waals surface area contributed by atoms with Crippen LogP contribution in [0.2, 0.25) is 0 Å². The van der Waals surface area contributed by atoms with Crippen molar-refractivity contribution in [3.05, 3.63) is 41.5 Å². The summed E-state index contributed by atoms with van der Waals surface area (Å²) in [5, 5.41) is 4.20. The van der Waals surface area contributed by atoms with Gasteiger partial charge in [-0.15, -0.1) is 0 Å². The second kappa shape index (κ2) is 5.32. The quantitative estimate of drug-likeness (QED) is 0.931. The van der Waals surface area contributed by atoms with Crippen LogP contribution in [0.4, 0.5) is 15.8 Å². The molecule has 0 saturated heterocycles. The second-order valence-corrected chi connectivity index (χ2v) is 4.65. The summed E-state index contributed by atoms with van der Waals surface area (Å²) < 4.78 is 15.2. The van der Waals surface area contributed by atoms with E-state index in [2.05, 4.69) is 5.10 Å². The molecular formula is C14H17FN4O. The third kappa shape index (κ3) is 2.49. The van der Waals surface area contributed by atoms with E-state index in [0.717, 1.165) is 5.69 Å². The normalized spacial score (nSPS) is 10.6. The lowest BCUT2D eigenvalue weighted by Gasteiger charge is -2.18. The van der Waals surface area contributed by atoms with Gasteiger partial charge < -0.3 is 10.6 Å². The fourth-order valence-corrected chi connectivity index (χ4v) is 1.96. The molecule has 0 aliphatic heterocycles. The number of rotatable bonds is 3. The van der Waals surface area contributed by atoms with Crippen molar-refractivity contribution in [3.8, 4) is 0 Å². The summed E-state index contributed by atoms with van der Waals surface area (Å²) in [6, 6.07) is 6.14. The van der Waals surface area contributed by atoms with E-state index < -0.39 is 5.82 Å². The zero-order valence-corrected chi connectivity index (χ0v) is 11.7. The molecule has 5 nitrogen and oxygen atoms in total. The van der Waals surface area contributed by atoms with Gasteiger partial charge in [0.1, 0.15) is 12.4 Å². The molecule has 1 amide bonds. The molecule has 1 heterocycles. The molecule has 106 valence electrons. The van der Waals surface area contributed by atoms with E-state index >= 15 is 0 Å². The van der Waals surface area contributed by atoms with E-state index in [4.69, 9.17) is 5.73 Å². The number of hydrogen-bond acceptors (Lipinski definition) is 3. The average molecular weight is 276 g/mol. The Kier molecular flexibility index (Phi) is 3.74. The minimum Gasteiger partial charge on any atom is -0.396 e. The number of carbonyl (C=O) groups is 1. The van der Waals surface area contributed by atoms with Crippen LogP contribution in [0, 0.1) is 19.7 Å². The minimum atomic E-state index is -0.434. The maximum Gasteiger partial charge on any atom is 0.248 e. The van der Waals surface area contributed by atoms with Crippen LogP contribution in [0.5, 0.6) is 0 Å². The van der Waals surface area contributed by atoms with Gasteiger partial charge in [0.15, 0.2) is 0 Å². The van der Waals surface area contributed by atoms with Gasteiger partial charge in [0, 0.05) is 7.05 Å². The highest BCUT2D eigenvalue weighted by Gasteiger charge is 2.17. The molecule has 2 N–H and O–H groups in total. The van der Waals surface area contributed by atoms with E-state index in [0.29, 0.717) is 11.4 Å². The Hall–Kier alpha value is -2.37. The molecule has 1 aromatic carbocycles. The molecule has 2 rings (SSSR count). The van der Waals surface area contributed by atoms with Crippen LogP contribution in [0.3, 0.4) is 0 Å². The number of benzene rings is 1. The summed E-state index contributed by atoms with van der Waals surface area (Å²) in [6.45, 7) is 3.60. The number of anilines is 2. The van der Waals surface area contributed by atoms with Crippen molar-refractivity contribution >= 4 is 17.3 Å². The van der Waals surface area contributed by atoms with Crippen LogP contribution in [0.15, 0.2) is 24.3 Å². The van der Waals surface area contributed by atoms with Gasteiger partial charge >= 0.3 is 0 Å². The van der Waals surface area contributed by atoms with Gasteiger partial charge in [-0.2, -0.15) is 5.10 Å². The average Bonchev–Trinajstić information content (AvgIpc) is 2.66. The van der Waals surface area contributed by atoms with E-state index in [1.807, 2.05) is 0 Å². The number of aromatic nitrogens is 2. The van der Waals surface area contributed by atoms with Gasteiger partial charge in [-0.1, -0.05) is 12.1 Å². The first-order chi connectivity index (χ1) is 9.41. The van der Waals surface area contributed by atoms with Crippen molar-refractivity contribution in [2.24, 2.45) is 0 Å². The van der Waals surface area contributed by atoms with Gasteiger partial charge in [0.2, 0.25) is 5.91 Å². The van der Waals surface area contributed by atoms with Gasteiger partial charge in [-0.25, -0.2) is 4.39 Å². The molecule has 20 heavy (non-hydrogen) atoms. The first kappa shape index (κ1) is 14.0. The Balaban J connectivity index is 2.20. The molecule has 2 aromatic rings. The molecule has 6 heteroatoms. The summed E-state index contributed by atoms with van der Waals surface area (Å²) in [6.07, 6.45) is 0. The Labute approximate surface area is 116 Å². The number of para-hydroxylation sites is 1. The van der Waals surface area contributed by atoms with Crippen molar-refractivity contribution in [1.29, 1.82) is 0 Å². The molecule has 0 bridgehead atoms. The lowest BCUT2D eigenvalue weighted by atomic mass is 10.3. The van der Waals surface area contributed by atoms with Crippen LogP contribution in [-0.2, 0) is 11.3 Å². The summed E-state index contributed by atoms with van der Waals surface area (Å²) in [5.74, 6) is -0.697. The van der Waals surface area contributed by atoms with Crippen LogP contribution >= 0.6 is 0 Å². The van der Waals surface area contributed by atoms with Gasteiger partial charge in [-0.05, 0) is 26.0 Å². The Bertz CT molecular complexity index is 651. The highest BCUT2D eigenvalue weighted by atomic mass is 19.1. The molecule has 0 atom stereocenters. The number of likely N-dealkylation sites (N-methyl/N-ethyl adjacent to an activating group) is 1. The number of aryl methyl sites for hydroxylation is 1. The fourth-order valence-electron chi connectivity index (χ4n) is 1.96. The van der Waals surface area contributed by atoms with Crippen LogP contribution in [-0.4, -0.2) is 22.7 Å². The number of halogens is 1. The lowest BCUT2D eigenvalue weighted by molar-refractivity contribution is -0.119. The number of hydrogen-bond donors (Lipinski definition) is 1. The van der Waals surface area contributed by atoms with Crippen LogP contribution < -0.4 is 10.6 Å². The van der Waals surface area contributed by atoms with Crippen molar-refractivity contribution < 1.29 is 9.18 Å². The minimum absolute atomic E-state index is 0.0225. The predicted octanol–water partition coefficient (Wildman–Crippen LogP) is 1.88. The molecular weight excluding hydrogens is 259 g/mol. The Morgan fingerprint density at radius 3 is 2.60 bits per heavy atom. The third-order valence-electron chi connectivity index (χ3n) is 3.31. The first-order valence-electron chi connectivity index (χ1n) is 6.22. The van der Waals surface area contributed by atoms with Gasteiger partial charge in [-0.3, -0.25) is 9.48 Å². The van der Waals surface area contributed by atoms with Crippen molar-refractivity contribution in [2.75, 3.05) is 17.7 Å². The smallest absolute Gasteiger partial charge is 0.248 e. The molecule has 0 aliphatic rings. The predicted molar refractivity (Wildman–Crippen MR) is 75.9 cm³/mol. The topological polar surface area (TPSA) is 64.2 Å². The van der Waals surface area contributed by atoms with Crippen molar-refractivity contribution in [1.82, 2.24) is 9.78 Å². The standard InChI is InChI=1S/C14H17FN4O/c1-9-14(16)10(2)19(17-9)8-13(20)18(3)12-7-5-4-6-11(12)15/h4-7H,8,16H2,1-3H3. The molecule has 0 aliphatic carbocycles. The zero-order chi connectivity index (χ0) is 14.9. The maximum absolute atomic E-state index is 13.7. The monoisotopic (exact) mass is 276 g/mol. The molecule has 0 fully saturated rings. The number of amides is 1. The molecule has 0 unspecified atom stereocenters. The third-order valence-corrected chi connectivity index (χ3v) is 3.31. The fraction of sp³-hybridized carbons (Fsp3) is 0.286. The maximum atomic E-state index is 13.7. The summed E-state index contributed by atoms with van der Waals surface area (Å²) in [5.41, 5.74) is 8.06. The molecule has 0 spiro atoms. The van der Waals surface area contributed by atoms with Crippen molar-refractivity contribution in [2.45, 2.75) is 20.4 Å². The summed E-state index contributed by atoms with van der Waals surface area (Å²) in [7, 11) is 1.54. The van der Waals surface area contributed by atoms with E-state index in [1.165, 1.54) is 22.7 Å². The molecule has 0 saturated carbocycles. The first-order valence-corrected chi connectivity index (χ1v) is 6.22. The van der Waals surface area contributed by atoms with Gasteiger partial charge in [0.25, 0.3) is 0 Å². The number of carbonyl (C=O) groups excluding carboxylic acids is 1. The van der Waals surface area contributed by atoms with E-state index in [1.54, 1.807) is 32.0 Å². The SMILES string of the molecule is Cc1nn(CC(=O)N(C)c2ccccc2F)c(C)c1N. The number of nitrogens with zero attached hydrogens (tertiary/aromatic N) is 3. The highest BCUT2D eigenvalue weighted by molar-refractivity contribution is 5.92. The Morgan fingerprint density at radius 2 is 2.05 bits per heavy atom. The van der Waals surface area contributed by atoms with Gasteiger partial charge in [0.05, 0.1) is 22.8 Å². The molecule has 0 radical (unpaired) electrons. The zero-order valence-electron chi connectivity index (χ0n) is 11.7. The van der Waals surface area contributed by atoms with Crippen molar-refractivity contribution in [3.63, 3.8) is 0 Å². The van der Waals surface area contributed by atoms with Crippen LogP contribution in [0.25, 0.3) is 0 Å². The van der Waals surface area contributed by atoms with E-state index in [-0.39, 0.29) is 18.1 Å². The summed E-state index contributed by atoms with van der Waals surface area (Å²) in [4.78, 5) is 13.5. The Morgan fingerprint density at radius 1 is 1.40 bits per heavy atom. The second-order valence-electron chi connectivity index (χ2n) is 4.65. The highest BCUT2D eigenvalue weighted by Crippen LogP contribution is 2.19. The largest absolute Gasteiger partial charge is 0.396 e.